The summed E-state index contributed by atoms with van der Waals surface area (Å²) in [5.74, 6) is 0. The van der Waals surface area contributed by atoms with Crippen molar-refractivity contribution in [2.75, 3.05) is 0 Å². The standard InChI is InChI=1S/C11H9BrO/c1-6-4-7(12)5-8-9-2-3-10(13-9)11(6)8/h2-5,9-10H,1H3. The first-order valence-electron chi connectivity index (χ1n) is 4.39. The van der Waals surface area contributed by atoms with E-state index in [4.69, 9.17) is 4.74 Å². The summed E-state index contributed by atoms with van der Waals surface area (Å²) in [6.45, 7) is 2.14. The van der Waals surface area contributed by atoms with E-state index in [1.807, 2.05) is 0 Å². The van der Waals surface area contributed by atoms with E-state index < -0.39 is 0 Å². The van der Waals surface area contributed by atoms with Gasteiger partial charge in [-0.15, -0.1) is 0 Å². The average Bonchev–Trinajstić information content (AvgIpc) is 2.62. The molecule has 0 radical (unpaired) electrons. The Morgan fingerprint density at radius 1 is 1.23 bits per heavy atom. The van der Waals surface area contributed by atoms with Crippen LogP contribution in [0.1, 0.15) is 28.9 Å². The quantitative estimate of drug-likeness (QED) is 0.628. The summed E-state index contributed by atoms with van der Waals surface area (Å²) in [6, 6.07) is 4.31. The third-order valence-electron chi connectivity index (χ3n) is 2.73. The normalized spacial score (nSPS) is 28.2. The molecule has 1 nitrogen and oxygen atoms in total. The van der Waals surface area contributed by atoms with Crippen LogP contribution >= 0.6 is 15.9 Å². The van der Waals surface area contributed by atoms with Crippen LogP contribution in [0.2, 0.25) is 0 Å². The zero-order valence-electron chi connectivity index (χ0n) is 7.25. The molecule has 1 aromatic rings. The van der Waals surface area contributed by atoms with Gasteiger partial charge in [0, 0.05) is 4.47 Å². The summed E-state index contributed by atoms with van der Waals surface area (Å²) >= 11 is 3.51. The number of fused-ring (bicyclic) bond motifs is 5. The maximum Gasteiger partial charge on any atom is 0.103 e. The van der Waals surface area contributed by atoms with Crippen LogP contribution in [0.15, 0.2) is 28.8 Å². The minimum Gasteiger partial charge on any atom is -0.357 e. The molecule has 2 aliphatic heterocycles. The summed E-state index contributed by atoms with van der Waals surface area (Å²) in [5, 5.41) is 0. The van der Waals surface area contributed by atoms with Crippen LogP contribution in [0, 0.1) is 6.92 Å². The summed E-state index contributed by atoms with van der Waals surface area (Å²) < 4.78 is 6.89. The molecule has 2 bridgehead atoms. The number of aryl methyl sites for hydroxylation is 1. The Kier molecular flexibility index (Phi) is 1.47. The Morgan fingerprint density at radius 2 is 2.00 bits per heavy atom. The zero-order valence-corrected chi connectivity index (χ0v) is 8.84. The maximum absolute atomic E-state index is 5.75. The third kappa shape index (κ3) is 0.960. The van der Waals surface area contributed by atoms with Crippen LogP contribution in [-0.4, -0.2) is 0 Å². The monoisotopic (exact) mass is 236 g/mol. The lowest BCUT2D eigenvalue weighted by Gasteiger charge is -2.10. The average molecular weight is 237 g/mol. The summed E-state index contributed by atoms with van der Waals surface area (Å²) in [7, 11) is 0. The molecule has 0 spiro atoms. The van der Waals surface area contributed by atoms with Crippen molar-refractivity contribution >= 4 is 15.9 Å². The second kappa shape index (κ2) is 2.46. The lowest BCUT2D eigenvalue weighted by molar-refractivity contribution is 0.0877. The first kappa shape index (κ1) is 7.77. The molecule has 2 unspecified atom stereocenters. The molecule has 2 heterocycles. The highest BCUT2D eigenvalue weighted by Crippen LogP contribution is 2.47. The molecule has 0 aromatic heterocycles. The molecular weight excluding hydrogens is 228 g/mol. The third-order valence-corrected chi connectivity index (χ3v) is 3.19. The van der Waals surface area contributed by atoms with Gasteiger partial charge in [-0.05, 0) is 35.7 Å². The van der Waals surface area contributed by atoms with E-state index in [0.717, 1.165) is 4.47 Å². The number of benzene rings is 1. The van der Waals surface area contributed by atoms with Gasteiger partial charge in [-0.25, -0.2) is 0 Å². The summed E-state index contributed by atoms with van der Waals surface area (Å²) in [5.41, 5.74) is 4.02. The van der Waals surface area contributed by atoms with E-state index in [1.54, 1.807) is 0 Å². The van der Waals surface area contributed by atoms with Gasteiger partial charge < -0.3 is 4.74 Å². The van der Waals surface area contributed by atoms with Gasteiger partial charge in [0.25, 0.3) is 0 Å². The van der Waals surface area contributed by atoms with Gasteiger partial charge in [-0.3, -0.25) is 0 Å². The molecular formula is C11H9BrO. The van der Waals surface area contributed by atoms with E-state index >= 15 is 0 Å². The van der Waals surface area contributed by atoms with Gasteiger partial charge in [0.05, 0.1) is 0 Å². The van der Waals surface area contributed by atoms with Crippen LogP contribution in [0.25, 0.3) is 0 Å². The lowest BCUT2D eigenvalue weighted by atomic mass is 9.93. The van der Waals surface area contributed by atoms with Crippen molar-refractivity contribution in [3.63, 3.8) is 0 Å². The molecule has 0 fully saturated rings. The maximum atomic E-state index is 5.75. The van der Waals surface area contributed by atoms with Gasteiger partial charge in [-0.1, -0.05) is 28.1 Å². The molecule has 2 atom stereocenters. The second-order valence-corrected chi connectivity index (χ2v) is 4.50. The Balaban J connectivity index is 2.29. The molecule has 0 N–H and O–H groups in total. The molecule has 66 valence electrons. The fourth-order valence-electron chi connectivity index (χ4n) is 2.20. The second-order valence-electron chi connectivity index (χ2n) is 3.59. The molecule has 2 aliphatic rings. The lowest BCUT2D eigenvalue weighted by Crippen LogP contribution is -1.96. The molecule has 2 heteroatoms. The van der Waals surface area contributed by atoms with Crippen LogP contribution in [0.5, 0.6) is 0 Å². The van der Waals surface area contributed by atoms with Crippen LogP contribution in [0.4, 0.5) is 0 Å². The predicted octanol–water partition coefficient (Wildman–Crippen LogP) is 3.44. The highest BCUT2D eigenvalue weighted by Gasteiger charge is 2.34. The molecule has 13 heavy (non-hydrogen) atoms. The van der Waals surface area contributed by atoms with Gasteiger partial charge in [-0.2, -0.15) is 0 Å². The van der Waals surface area contributed by atoms with Crippen molar-refractivity contribution in [2.24, 2.45) is 0 Å². The first-order chi connectivity index (χ1) is 6.25. The Bertz CT molecular complexity index is 409. The number of hydrogen-bond donors (Lipinski definition) is 0. The summed E-state index contributed by atoms with van der Waals surface area (Å²) in [4.78, 5) is 0. The molecule has 1 aromatic carbocycles. The molecule has 0 aliphatic carbocycles. The largest absolute Gasteiger partial charge is 0.357 e. The minimum atomic E-state index is 0.205. The number of halogens is 1. The van der Waals surface area contributed by atoms with Gasteiger partial charge in [0.15, 0.2) is 0 Å². The fraction of sp³-hybridized carbons (Fsp3) is 0.273. The van der Waals surface area contributed by atoms with E-state index in [1.165, 1.54) is 16.7 Å². The van der Waals surface area contributed by atoms with Gasteiger partial charge in [0.1, 0.15) is 12.2 Å². The summed E-state index contributed by atoms with van der Waals surface area (Å²) in [6.07, 6.45) is 4.71. The number of rotatable bonds is 0. The molecule has 0 saturated carbocycles. The Morgan fingerprint density at radius 3 is 2.85 bits per heavy atom. The van der Waals surface area contributed by atoms with Crippen LogP contribution < -0.4 is 0 Å². The van der Waals surface area contributed by atoms with E-state index in [2.05, 4.69) is 47.1 Å². The fourth-order valence-corrected chi connectivity index (χ4v) is 2.79. The van der Waals surface area contributed by atoms with Crippen molar-refractivity contribution in [3.05, 3.63) is 45.4 Å². The Labute approximate surface area is 85.5 Å². The molecule has 0 saturated heterocycles. The van der Waals surface area contributed by atoms with Crippen molar-refractivity contribution in [2.45, 2.75) is 19.1 Å². The zero-order chi connectivity index (χ0) is 9.00. The van der Waals surface area contributed by atoms with Gasteiger partial charge in [0.2, 0.25) is 0 Å². The van der Waals surface area contributed by atoms with E-state index in [-0.39, 0.29) is 12.2 Å². The topological polar surface area (TPSA) is 9.23 Å². The van der Waals surface area contributed by atoms with Crippen LogP contribution in [0.3, 0.4) is 0 Å². The van der Waals surface area contributed by atoms with Crippen LogP contribution in [-0.2, 0) is 4.74 Å². The van der Waals surface area contributed by atoms with E-state index in [0.29, 0.717) is 0 Å². The number of hydrogen-bond acceptors (Lipinski definition) is 1. The SMILES string of the molecule is Cc1cc(Br)cc2c1C1C=CC2O1. The Hall–Kier alpha value is -0.600. The van der Waals surface area contributed by atoms with Gasteiger partial charge >= 0.3 is 0 Å². The van der Waals surface area contributed by atoms with Crippen molar-refractivity contribution < 1.29 is 4.74 Å². The molecule has 0 amide bonds. The van der Waals surface area contributed by atoms with Crippen molar-refractivity contribution in [1.82, 2.24) is 0 Å². The first-order valence-corrected chi connectivity index (χ1v) is 5.19. The number of ether oxygens (including phenoxy) is 1. The highest BCUT2D eigenvalue weighted by molar-refractivity contribution is 9.10. The van der Waals surface area contributed by atoms with Crippen molar-refractivity contribution in [3.8, 4) is 0 Å². The van der Waals surface area contributed by atoms with E-state index in [9.17, 15) is 0 Å². The predicted molar refractivity (Wildman–Crippen MR) is 54.6 cm³/mol. The van der Waals surface area contributed by atoms with Crippen molar-refractivity contribution in [1.29, 1.82) is 0 Å². The smallest absolute Gasteiger partial charge is 0.103 e. The highest BCUT2D eigenvalue weighted by atomic mass is 79.9. The molecule has 3 rings (SSSR count). The minimum absolute atomic E-state index is 0.205.